The molecule has 0 bridgehead atoms. The summed E-state index contributed by atoms with van der Waals surface area (Å²) in [6.07, 6.45) is -7.36. The Kier molecular flexibility index (Phi) is 6.37. The number of methoxy groups -OCH3 is 1. The van der Waals surface area contributed by atoms with Crippen LogP contribution in [0.2, 0.25) is 0 Å². The maximum absolute atomic E-state index is 12.0. The molecule has 0 spiro atoms. The summed E-state index contributed by atoms with van der Waals surface area (Å²) >= 11 is 0. The first-order valence-electron chi connectivity index (χ1n) is 8.73. The first-order chi connectivity index (χ1) is 13.3. The van der Waals surface area contributed by atoms with Crippen molar-refractivity contribution in [1.82, 2.24) is 0 Å². The molecule has 0 aromatic heterocycles. The number of rotatable bonds is 5. The van der Waals surface area contributed by atoms with Crippen LogP contribution in [-0.4, -0.2) is 100 Å². The number of hydrogen-bond acceptors (Lipinski definition) is 11. The van der Waals surface area contributed by atoms with E-state index in [1.807, 2.05) is 0 Å². The van der Waals surface area contributed by atoms with Crippen LogP contribution in [0.3, 0.4) is 0 Å². The Bertz CT molecular complexity index is 645. The monoisotopic (exact) mass is 404 g/mol. The van der Waals surface area contributed by atoms with E-state index in [-0.39, 0.29) is 5.57 Å². The Morgan fingerprint density at radius 1 is 1.07 bits per heavy atom. The van der Waals surface area contributed by atoms with E-state index < -0.39 is 74.1 Å². The van der Waals surface area contributed by atoms with Gasteiger partial charge < -0.3 is 49.6 Å². The Labute approximate surface area is 160 Å². The third-order valence-electron chi connectivity index (χ3n) is 5.27. The number of aliphatic hydroxyl groups excluding tert-OH is 6. The van der Waals surface area contributed by atoms with Crippen molar-refractivity contribution in [3.8, 4) is 0 Å². The lowest BCUT2D eigenvalue weighted by Gasteiger charge is -2.43. The van der Waals surface area contributed by atoms with Gasteiger partial charge in [0.15, 0.2) is 6.29 Å². The van der Waals surface area contributed by atoms with Crippen molar-refractivity contribution in [2.75, 3.05) is 20.3 Å². The normalized spacial score (nSPS) is 42.9. The van der Waals surface area contributed by atoms with Crippen LogP contribution in [0.25, 0.3) is 0 Å². The van der Waals surface area contributed by atoms with Crippen LogP contribution >= 0.6 is 0 Å². The van der Waals surface area contributed by atoms with Crippen molar-refractivity contribution < 1.29 is 54.4 Å². The van der Waals surface area contributed by atoms with Gasteiger partial charge in [0.05, 0.1) is 44.2 Å². The van der Waals surface area contributed by atoms with Gasteiger partial charge in [0.25, 0.3) is 0 Å². The van der Waals surface area contributed by atoms with Gasteiger partial charge in [0.2, 0.25) is 6.29 Å². The summed E-state index contributed by atoms with van der Waals surface area (Å²) in [5.41, 5.74) is 0.398. The van der Waals surface area contributed by atoms with E-state index >= 15 is 0 Å². The predicted octanol–water partition coefficient (Wildman–Crippen LogP) is -3.26. The maximum Gasteiger partial charge on any atom is 0.337 e. The summed E-state index contributed by atoms with van der Waals surface area (Å²) in [6.45, 7) is -1.07. The van der Waals surface area contributed by atoms with Crippen LogP contribution < -0.4 is 0 Å². The van der Waals surface area contributed by atoms with Gasteiger partial charge >= 0.3 is 5.97 Å². The number of esters is 1. The van der Waals surface area contributed by atoms with Gasteiger partial charge in [-0.1, -0.05) is 6.08 Å². The Hall–Kier alpha value is -1.57. The van der Waals surface area contributed by atoms with Crippen molar-refractivity contribution in [3.05, 3.63) is 23.5 Å². The van der Waals surface area contributed by atoms with Gasteiger partial charge in [-0.15, -0.1) is 0 Å². The molecule has 1 fully saturated rings. The molecular formula is C17H24O11. The molecule has 3 rings (SSSR count). The lowest BCUT2D eigenvalue weighted by molar-refractivity contribution is -0.340. The van der Waals surface area contributed by atoms with E-state index in [1.54, 1.807) is 0 Å². The van der Waals surface area contributed by atoms with Crippen LogP contribution in [0.15, 0.2) is 23.5 Å². The Morgan fingerprint density at radius 2 is 1.79 bits per heavy atom. The molecular weight excluding hydrogens is 380 g/mol. The molecule has 28 heavy (non-hydrogen) atoms. The second-order valence-corrected chi connectivity index (χ2v) is 6.84. The lowest BCUT2D eigenvalue weighted by atomic mass is 9.82. The lowest BCUT2D eigenvalue weighted by Crippen LogP contribution is -2.60. The number of ether oxygens (including phenoxy) is 4. The molecule has 0 aromatic rings. The molecule has 0 radical (unpaired) electrons. The quantitative estimate of drug-likeness (QED) is 0.200. The van der Waals surface area contributed by atoms with Gasteiger partial charge in [-0.2, -0.15) is 0 Å². The smallest absolute Gasteiger partial charge is 0.337 e. The summed E-state index contributed by atoms with van der Waals surface area (Å²) in [4.78, 5) is 12.0. The zero-order valence-corrected chi connectivity index (χ0v) is 15.0. The minimum Gasteiger partial charge on any atom is -0.471 e. The first kappa shape index (κ1) is 21.1. The zero-order chi connectivity index (χ0) is 20.6. The van der Waals surface area contributed by atoms with Crippen molar-refractivity contribution >= 4 is 5.97 Å². The fourth-order valence-corrected chi connectivity index (χ4v) is 3.79. The van der Waals surface area contributed by atoms with Crippen LogP contribution in [0.1, 0.15) is 0 Å². The van der Waals surface area contributed by atoms with Crippen molar-refractivity contribution in [1.29, 1.82) is 0 Å². The summed E-state index contributed by atoms with van der Waals surface area (Å²) in [5, 5.41) is 59.1. The van der Waals surface area contributed by atoms with Crippen LogP contribution in [0, 0.1) is 11.8 Å². The van der Waals surface area contributed by atoms with Crippen LogP contribution in [-0.2, 0) is 23.7 Å². The van der Waals surface area contributed by atoms with Crippen molar-refractivity contribution in [2.24, 2.45) is 11.8 Å². The van der Waals surface area contributed by atoms with E-state index in [0.29, 0.717) is 5.57 Å². The minimum absolute atomic E-state index is 0.0494. The minimum atomic E-state index is -1.65. The molecule has 9 atom stereocenters. The molecule has 158 valence electrons. The van der Waals surface area contributed by atoms with Crippen LogP contribution in [0.4, 0.5) is 0 Å². The summed E-state index contributed by atoms with van der Waals surface area (Å²) in [7, 11) is 1.18. The molecule has 3 aliphatic rings. The highest BCUT2D eigenvalue weighted by Gasteiger charge is 2.52. The highest BCUT2D eigenvalue weighted by molar-refractivity contribution is 5.89. The number of carbonyl (C=O) groups is 1. The van der Waals surface area contributed by atoms with E-state index in [0.717, 1.165) is 6.26 Å². The Morgan fingerprint density at radius 3 is 2.39 bits per heavy atom. The predicted molar refractivity (Wildman–Crippen MR) is 88.0 cm³/mol. The molecule has 1 aliphatic carbocycles. The number of aliphatic hydroxyl groups is 6. The highest BCUT2D eigenvalue weighted by Crippen LogP contribution is 2.44. The molecule has 2 heterocycles. The van der Waals surface area contributed by atoms with E-state index in [2.05, 4.69) is 0 Å². The molecule has 2 aliphatic heterocycles. The number of hydrogen-bond donors (Lipinski definition) is 6. The van der Waals surface area contributed by atoms with Gasteiger partial charge in [-0.25, -0.2) is 4.79 Å². The topological polar surface area (TPSA) is 175 Å². The van der Waals surface area contributed by atoms with E-state index in [4.69, 9.17) is 18.9 Å². The second kappa shape index (κ2) is 8.43. The van der Waals surface area contributed by atoms with E-state index in [9.17, 15) is 35.4 Å². The molecule has 0 unspecified atom stereocenters. The summed E-state index contributed by atoms with van der Waals surface area (Å²) in [6, 6.07) is 0. The van der Waals surface area contributed by atoms with Gasteiger partial charge in [0, 0.05) is 5.92 Å². The first-order valence-corrected chi connectivity index (χ1v) is 8.73. The van der Waals surface area contributed by atoms with Gasteiger partial charge in [0.1, 0.15) is 24.4 Å². The van der Waals surface area contributed by atoms with Gasteiger partial charge in [-0.05, 0) is 5.57 Å². The summed E-state index contributed by atoms with van der Waals surface area (Å²) < 4.78 is 21.1. The third-order valence-corrected chi connectivity index (χ3v) is 5.27. The SMILES string of the molecule is COC(=O)C1=CO[C@H](O[C@H]2O[C@@H](CO)[C@@H](O)[C@@H](O)[C@H]2O)[C@H]2C(CO)=C[C@@H](O)[C@H]12. The molecule has 0 aromatic carbocycles. The number of carbonyl (C=O) groups excluding carboxylic acids is 1. The molecule has 11 heteroatoms. The van der Waals surface area contributed by atoms with Crippen molar-refractivity contribution in [3.63, 3.8) is 0 Å². The van der Waals surface area contributed by atoms with Crippen LogP contribution in [0.5, 0.6) is 0 Å². The Balaban J connectivity index is 1.84. The second-order valence-electron chi connectivity index (χ2n) is 6.84. The molecule has 0 amide bonds. The fraction of sp³-hybridized carbons (Fsp3) is 0.706. The fourth-order valence-electron chi connectivity index (χ4n) is 3.79. The highest BCUT2D eigenvalue weighted by atomic mass is 16.8. The third kappa shape index (κ3) is 3.55. The maximum atomic E-state index is 12.0. The molecule has 11 nitrogen and oxygen atoms in total. The molecule has 0 saturated carbocycles. The van der Waals surface area contributed by atoms with Gasteiger partial charge in [-0.3, -0.25) is 0 Å². The summed E-state index contributed by atoms with van der Waals surface area (Å²) in [5.74, 6) is -2.34. The zero-order valence-electron chi connectivity index (χ0n) is 15.0. The number of fused-ring (bicyclic) bond motifs is 1. The molecule has 1 saturated heterocycles. The largest absolute Gasteiger partial charge is 0.471 e. The van der Waals surface area contributed by atoms with E-state index in [1.165, 1.54) is 13.2 Å². The van der Waals surface area contributed by atoms with Crippen molar-refractivity contribution in [2.45, 2.75) is 43.1 Å². The standard InChI is InChI=1S/C17H24O11/c1-25-15(24)7-5-26-16(10-6(3-18)2-8(20)11(7)10)28-17-14(23)13(22)12(21)9(4-19)27-17/h2,5,8-14,16-23H,3-4H2,1H3/t8-,9+,10+,11+,12-,13-,14-,16-,17-/m1/s1. The average Bonchev–Trinajstić information content (AvgIpc) is 3.05. The average molecular weight is 404 g/mol. The molecule has 6 N–H and O–H groups in total.